The summed E-state index contributed by atoms with van der Waals surface area (Å²) in [5.41, 5.74) is 4.42. The first-order valence-electron chi connectivity index (χ1n) is 6.53. The maximum absolute atomic E-state index is 11.9. The molecule has 0 bridgehead atoms. The Morgan fingerprint density at radius 3 is 2.91 bits per heavy atom. The highest BCUT2D eigenvalue weighted by atomic mass is 79.9. The highest BCUT2D eigenvalue weighted by Gasteiger charge is 2.08. The third-order valence-electron chi connectivity index (χ3n) is 3.19. The number of aromatic nitrogens is 1. The molecule has 110 valence electrons. The fourth-order valence-corrected chi connectivity index (χ4v) is 2.47. The molecule has 0 saturated carbocycles. The molecule has 3 aromatic rings. The number of carbonyl (C=O) groups excluding carboxylic acids is 1. The van der Waals surface area contributed by atoms with Crippen molar-refractivity contribution in [2.75, 3.05) is 0 Å². The van der Waals surface area contributed by atoms with E-state index in [1.807, 2.05) is 24.4 Å². The number of aromatic hydroxyl groups is 1. The maximum Gasteiger partial charge on any atom is 0.275 e. The second kappa shape index (κ2) is 6.03. The van der Waals surface area contributed by atoms with Crippen LogP contribution in [-0.4, -0.2) is 22.2 Å². The molecule has 0 saturated heterocycles. The maximum atomic E-state index is 11.9. The van der Waals surface area contributed by atoms with Gasteiger partial charge in [0.15, 0.2) is 0 Å². The third-order valence-corrected chi connectivity index (χ3v) is 3.69. The predicted octanol–water partition coefficient (Wildman–Crippen LogP) is 3.40. The Balaban J connectivity index is 1.78. The van der Waals surface area contributed by atoms with Gasteiger partial charge in [0.25, 0.3) is 5.91 Å². The quantitative estimate of drug-likeness (QED) is 0.496. The number of hydrazone groups is 1. The number of amides is 1. The highest BCUT2D eigenvalue weighted by molar-refractivity contribution is 9.10. The Morgan fingerprint density at radius 1 is 1.27 bits per heavy atom. The van der Waals surface area contributed by atoms with E-state index in [9.17, 15) is 9.90 Å². The molecule has 22 heavy (non-hydrogen) atoms. The zero-order valence-electron chi connectivity index (χ0n) is 11.4. The number of fused-ring (bicyclic) bond motifs is 1. The van der Waals surface area contributed by atoms with Crippen molar-refractivity contribution < 1.29 is 9.90 Å². The van der Waals surface area contributed by atoms with Gasteiger partial charge in [0, 0.05) is 27.1 Å². The molecule has 0 atom stereocenters. The van der Waals surface area contributed by atoms with Crippen LogP contribution in [0.25, 0.3) is 10.9 Å². The van der Waals surface area contributed by atoms with Gasteiger partial charge in [0.05, 0.1) is 11.8 Å². The summed E-state index contributed by atoms with van der Waals surface area (Å²) >= 11 is 3.43. The normalized spacial score (nSPS) is 11.1. The van der Waals surface area contributed by atoms with Crippen LogP contribution in [0.5, 0.6) is 5.75 Å². The summed E-state index contributed by atoms with van der Waals surface area (Å²) < 4.78 is 0.965. The number of phenols is 1. The van der Waals surface area contributed by atoms with Crippen LogP contribution < -0.4 is 5.43 Å². The lowest BCUT2D eigenvalue weighted by molar-refractivity contribution is 0.0952. The monoisotopic (exact) mass is 357 g/mol. The fourth-order valence-electron chi connectivity index (χ4n) is 2.11. The predicted molar refractivity (Wildman–Crippen MR) is 89.2 cm³/mol. The lowest BCUT2D eigenvalue weighted by atomic mass is 10.2. The largest absolute Gasteiger partial charge is 0.507 e. The molecule has 0 aliphatic heterocycles. The van der Waals surface area contributed by atoms with Gasteiger partial charge in [-0.15, -0.1) is 0 Å². The minimum atomic E-state index is -0.463. The van der Waals surface area contributed by atoms with Crippen LogP contribution in [0.15, 0.2) is 58.2 Å². The molecule has 0 radical (unpaired) electrons. The van der Waals surface area contributed by atoms with E-state index in [0.29, 0.717) is 0 Å². The molecule has 0 aliphatic carbocycles. The van der Waals surface area contributed by atoms with E-state index in [1.165, 1.54) is 12.1 Å². The highest BCUT2D eigenvalue weighted by Crippen LogP contribution is 2.21. The van der Waals surface area contributed by atoms with Gasteiger partial charge in [0.2, 0.25) is 0 Å². The average Bonchev–Trinajstić information content (AvgIpc) is 2.90. The van der Waals surface area contributed by atoms with Gasteiger partial charge in [-0.05, 0) is 30.3 Å². The number of aromatic amines is 1. The van der Waals surface area contributed by atoms with Crippen molar-refractivity contribution in [3.63, 3.8) is 0 Å². The number of rotatable bonds is 3. The Hall–Kier alpha value is -2.60. The standard InChI is InChI=1S/C16H12BrN3O2/c17-11-5-6-14-13(7-11)10(8-18-14)9-19-20-16(22)12-3-1-2-4-15(12)21/h1-9,18,21H,(H,20,22)/b19-9+. The number of phenolic OH excluding ortho intramolecular Hbond substituents is 1. The summed E-state index contributed by atoms with van der Waals surface area (Å²) in [5.74, 6) is -0.540. The van der Waals surface area contributed by atoms with Gasteiger partial charge in [0.1, 0.15) is 5.75 Å². The zero-order valence-corrected chi connectivity index (χ0v) is 13.0. The van der Waals surface area contributed by atoms with Gasteiger partial charge in [-0.25, -0.2) is 5.43 Å². The lowest BCUT2D eigenvalue weighted by Crippen LogP contribution is -2.17. The van der Waals surface area contributed by atoms with Crippen molar-refractivity contribution in [2.45, 2.75) is 0 Å². The second-order valence-corrected chi connectivity index (χ2v) is 5.57. The summed E-state index contributed by atoms with van der Waals surface area (Å²) in [6, 6.07) is 12.2. The van der Waals surface area contributed by atoms with Gasteiger partial charge in [-0.1, -0.05) is 28.1 Å². The molecule has 0 unspecified atom stereocenters. The minimum Gasteiger partial charge on any atom is -0.507 e. The fraction of sp³-hybridized carbons (Fsp3) is 0. The number of hydrogen-bond acceptors (Lipinski definition) is 3. The molecule has 3 N–H and O–H groups in total. The van der Waals surface area contributed by atoms with E-state index >= 15 is 0 Å². The number of nitrogens with zero attached hydrogens (tertiary/aromatic N) is 1. The number of hydrogen-bond donors (Lipinski definition) is 3. The van der Waals surface area contributed by atoms with Gasteiger partial charge >= 0.3 is 0 Å². The average molecular weight is 358 g/mol. The first-order valence-corrected chi connectivity index (χ1v) is 7.32. The molecule has 2 aromatic carbocycles. The van der Waals surface area contributed by atoms with Crippen molar-refractivity contribution in [2.24, 2.45) is 5.10 Å². The van der Waals surface area contributed by atoms with Gasteiger partial charge < -0.3 is 10.1 Å². The molecule has 0 fully saturated rings. The van der Waals surface area contributed by atoms with Crippen molar-refractivity contribution in [3.05, 3.63) is 64.3 Å². The van der Waals surface area contributed by atoms with E-state index < -0.39 is 5.91 Å². The number of carbonyl (C=O) groups is 1. The molecule has 3 rings (SSSR count). The summed E-state index contributed by atoms with van der Waals surface area (Å²) in [5, 5.41) is 14.5. The second-order valence-electron chi connectivity index (χ2n) is 4.65. The molecule has 0 aliphatic rings. The SMILES string of the molecule is O=C(N/N=C/c1c[nH]c2ccc(Br)cc12)c1ccccc1O. The first-order chi connectivity index (χ1) is 10.6. The minimum absolute atomic E-state index is 0.0776. The number of H-pyrrole nitrogens is 1. The van der Waals surface area contributed by atoms with Crippen molar-refractivity contribution >= 4 is 39.0 Å². The summed E-state index contributed by atoms with van der Waals surface area (Å²) in [6.07, 6.45) is 3.37. The van der Waals surface area contributed by atoms with Crippen LogP contribution >= 0.6 is 15.9 Å². The van der Waals surface area contributed by atoms with Crippen LogP contribution in [0.2, 0.25) is 0 Å². The molecule has 5 nitrogen and oxygen atoms in total. The number of benzene rings is 2. The third kappa shape index (κ3) is 2.87. The van der Waals surface area contributed by atoms with E-state index in [0.717, 1.165) is 20.9 Å². The molecular weight excluding hydrogens is 346 g/mol. The summed E-state index contributed by atoms with van der Waals surface area (Å²) in [7, 11) is 0. The van der Waals surface area contributed by atoms with Crippen LogP contribution in [0.4, 0.5) is 0 Å². The molecular formula is C16H12BrN3O2. The van der Waals surface area contributed by atoms with Crippen LogP contribution in [0.1, 0.15) is 15.9 Å². The molecule has 1 amide bonds. The Bertz CT molecular complexity index is 871. The molecule has 0 spiro atoms. The number of para-hydroxylation sites is 1. The molecule has 1 aromatic heterocycles. The van der Waals surface area contributed by atoms with Gasteiger partial charge in [-0.3, -0.25) is 4.79 Å². The smallest absolute Gasteiger partial charge is 0.275 e. The first kappa shape index (κ1) is 14.3. The molecule has 6 heteroatoms. The van der Waals surface area contributed by atoms with Crippen LogP contribution in [0.3, 0.4) is 0 Å². The van der Waals surface area contributed by atoms with E-state index in [1.54, 1.807) is 18.3 Å². The Labute approximate surface area is 134 Å². The summed E-state index contributed by atoms with van der Waals surface area (Å²) in [4.78, 5) is 15.0. The number of nitrogens with one attached hydrogen (secondary N) is 2. The van der Waals surface area contributed by atoms with E-state index in [2.05, 4.69) is 31.4 Å². The van der Waals surface area contributed by atoms with Crippen molar-refractivity contribution in [1.29, 1.82) is 0 Å². The Morgan fingerprint density at radius 2 is 2.09 bits per heavy atom. The zero-order chi connectivity index (χ0) is 15.5. The van der Waals surface area contributed by atoms with E-state index in [4.69, 9.17) is 0 Å². The van der Waals surface area contributed by atoms with Crippen LogP contribution in [0, 0.1) is 0 Å². The topological polar surface area (TPSA) is 77.5 Å². The van der Waals surface area contributed by atoms with Crippen molar-refractivity contribution in [3.8, 4) is 5.75 Å². The van der Waals surface area contributed by atoms with E-state index in [-0.39, 0.29) is 11.3 Å². The molecule has 1 heterocycles. The summed E-state index contributed by atoms with van der Waals surface area (Å²) in [6.45, 7) is 0. The Kier molecular flexibility index (Phi) is 3.93. The number of halogens is 1. The van der Waals surface area contributed by atoms with Gasteiger partial charge in [-0.2, -0.15) is 5.10 Å². The lowest BCUT2D eigenvalue weighted by Gasteiger charge is -2.01. The van der Waals surface area contributed by atoms with Crippen LogP contribution in [-0.2, 0) is 0 Å². The van der Waals surface area contributed by atoms with Crippen molar-refractivity contribution in [1.82, 2.24) is 10.4 Å².